The van der Waals surface area contributed by atoms with Crippen LogP contribution in [0.5, 0.6) is 11.5 Å². The van der Waals surface area contributed by atoms with Gasteiger partial charge in [0.05, 0.1) is 65.4 Å². The highest BCUT2D eigenvalue weighted by Gasteiger charge is 2.37. The summed E-state index contributed by atoms with van der Waals surface area (Å²) in [6.45, 7) is -0.702. The lowest BCUT2D eigenvalue weighted by Gasteiger charge is -2.38. The van der Waals surface area contributed by atoms with Crippen molar-refractivity contribution in [2.45, 2.75) is 19.3 Å². The first-order valence-corrected chi connectivity index (χ1v) is 15.5. The van der Waals surface area contributed by atoms with Crippen LogP contribution in [0.4, 0.5) is 38.1 Å². The van der Waals surface area contributed by atoms with Crippen LogP contribution in [0.3, 0.4) is 0 Å². The Labute approximate surface area is 294 Å². The summed E-state index contributed by atoms with van der Waals surface area (Å²) in [5, 5.41) is 11.6. The first kappa shape index (κ1) is 36.1. The van der Waals surface area contributed by atoms with Crippen molar-refractivity contribution in [3.05, 3.63) is 115 Å². The van der Waals surface area contributed by atoms with Crippen molar-refractivity contribution in [1.29, 1.82) is 5.26 Å². The Balaban J connectivity index is 1.72. The van der Waals surface area contributed by atoms with Gasteiger partial charge in [0.25, 0.3) is 5.91 Å². The van der Waals surface area contributed by atoms with E-state index in [-0.39, 0.29) is 57.7 Å². The van der Waals surface area contributed by atoms with Crippen LogP contribution >= 0.6 is 27.5 Å². The highest BCUT2D eigenvalue weighted by molar-refractivity contribution is 9.10. The Morgan fingerprint density at radius 3 is 2.40 bits per heavy atom. The number of hydrogen-bond acceptors (Lipinski definition) is 6. The number of anilines is 2. The topological polar surface area (TPSA) is 112 Å². The second-order valence-electron chi connectivity index (χ2n) is 10.8. The molecule has 16 heteroatoms. The summed E-state index contributed by atoms with van der Waals surface area (Å²) in [5.41, 5.74) is -1.98. The van der Waals surface area contributed by atoms with Crippen LogP contribution in [0.15, 0.2) is 65.1 Å². The number of alkyl halides is 3. The zero-order valence-electron chi connectivity index (χ0n) is 25.9. The summed E-state index contributed by atoms with van der Waals surface area (Å²) in [5.74, 6) is -3.35. The first-order valence-electron chi connectivity index (χ1n) is 14.3. The normalized spacial score (nSPS) is 12.7. The van der Waals surface area contributed by atoms with E-state index in [0.29, 0.717) is 34.8 Å². The minimum absolute atomic E-state index is 0.0525. The quantitative estimate of drug-likeness (QED) is 0.104. The smallest absolute Gasteiger partial charge is 0.416 e. The highest BCUT2D eigenvalue weighted by atomic mass is 79.9. The van der Waals surface area contributed by atoms with Gasteiger partial charge in [-0.05, 0) is 76.1 Å². The first-order chi connectivity index (χ1) is 23.7. The molecule has 1 aliphatic heterocycles. The Kier molecular flexibility index (Phi) is 10.4. The molecule has 0 aromatic heterocycles. The van der Waals surface area contributed by atoms with E-state index in [1.807, 2.05) is 6.07 Å². The summed E-state index contributed by atoms with van der Waals surface area (Å²) in [6, 6.07) is 11.7. The molecule has 0 bridgehead atoms. The Morgan fingerprint density at radius 2 is 1.76 bits per heavy atom. The van der Waals surface area contributed by atoms with E-state index in [0.717, 1.165) is 18.2 Å². The van der Waals surface area contributed by atoms with Crippen molar-refractivity contribution >= 4 is 56.6 Å². The van der Waals surface area contributed by atoms with Crippen molar-refractivity contribution < 1.29 is 45.8 Å². The maximum absolute atomic E-state index is 14.3. The molecule has 3 amide bonds. The molecule has 0 unspecified atom stereocenters. The number of nitriles is 1. The van der Waals surface area contributed by atoms with E-state index in [1.165, 1.54) is 30.1 Å². The number of hydrogen-bond donors (Lipinski definition) is 1. The second kappa shape index (κ2) is 14.3. The molecule has 1 aliphatic rings. The van der Waals surface area contributed by atoms with Gasteiger partial charge in [-0.25, -0.2) is 13.6 Å². The number of ketones is 1. The molecule has 50 heavy (non-hydrogen) atoms. The van der Waals surface area contributed by atoms with E-state index in [4.69, 9.17) is 21.1 Å². The maximum atomic E-state index is 14.3. The predicted octanol–water partition coefficient (Wildman–Crippen LogP) is 8.37. The number of amides is 3. The predicted molar refractivity (Wildman–Crippen MR) is 175 cm³/mol. The van der Waals surface area contributed by atoms with Crippen LogP contribution in [0.25, 0.3) is 0 Å². The molecule has 0 radical (unpaired) electrons. The average Bonchev–Trinajstić information content (AvgIpc) is 3.06. The number of methoxy groups -OCH3 is 2. The largest absolute Gasteiger partial charge is 0.497 e. The number of carbonyl (C=O) groups excluding carboxylic acids is 3. The van der Waals surface area contributed by atoms with Crippen molar-refractivity contribution in [1.82, 2.24) is 4.90 Å². The summed E-state index contributed by atoms with van der Waals surface area (Å²) >= 11 is 9.66. The lowest BCUT2D eigenvalue weighted by atomic mass is 9.96. The monoisotopic (exact) mass is 776 g/mol. The molecule has 1 N–H and O–H groups in total. The van der Waals surface area contributed by atoms with Crippen LogP contribution in [-0.2, 0) is 19.3 Å². The number of benzene rings is 4. The van der Waals surface area contributed by atoms with Crippen LogP contribution in [0, 0.1) is 23.0 Å². The summed E-state index contributed by atoms with van der Waals surface area (Å²) < 4.78 is 79.3. The maximum Gasteiger partial charge on any atom is 0.416 e. The minimum Gasteiger partial charge on any atom is -0.497 e. The lowest BCUT2D eigenvalue weighted by Crippen LogP contribution is -2.47. The average molecular weight is 778 g/mol. The minimum atomic E-state index is -4.97. The molecule has 258 valence electrons. The van der Waals surface area contributed by atoms with Crippen LogP contribution in [0.1, 0.15) is 43.0 Å². The molecule has 5 rings (SSSR count). The third-order valence-electron chi connectivity index (χ3n) is 7.67. The number of halogens is 7. The van der Waals surface area contributed by atoms with Gasteiger partial charge in [-0.3, -0.25) is 14.5 Å². The lowest BCUT2D eigenvalue weighted by molar-refractivity contribution is -0.137. The van der Waals surface area contributed by atoms with Gasteiger partial charge >= 0.3 is 12.2 Å². The van der Waals surface area contributed by atoms with Crippen LogP contribution in [0.2, 0.25) is 5.02 Å². The molecule has 4 aromatic rings. The fraction of sp³-hybridized carbons (Fsp3) is 0.176. The van der Waals surface area contributed by atoms with E-state index < -0.39 is 46.7 Å². The van der Waals surface area contributed by atoms with Crippen LogP contribution < -0.4 is 19.7 Å². The number of nitrogens with one attached hydrogen (secondary N) is 1. The molecule has 0 aliphatic carbocycles. The number of ether oxygens (including phenoxy) is 2. The molecule has 4 aromatic carbocycles. The van der Waals surface area contributed by atoms with Gasteiger partial charge in [-0.15, -0.1) is 0 Å². The molecular formula is C34H23BrClF5N4O5. The van der Waals surface area contributed by atoms with Crippen molar-refractivity contribution in [3.63, 3.8) is 0 Å². The van der Waals surface area contributed by atoms with E-state index in [9.17, 15) is 41.6 Å². The molecule has 0 spiro atoms. The summed E-state index contributed by atoms with van der Waals surface area (Å²) in [4.78, 5) is 43.9. The van der Waals surface area contributed by atoms with Gasteiger partial charge in [0, 0.05) is 22.8 Å². The van der Waals surface area contributed by atoms with Crippen LogP contribution in [-0.4, -0.2) is 43.4 Å². The van der Waals surface area contributed by atoms with E-state index in [1.54, 1.807) is 18.2 Å². The van der Waals surface area contributed by atoms with E-state index >= 15 is 0 Å². The molecule has 9 nitrogen and oxygen atoms in total. The molecule has 0 saturated heterocycles. The highest BCUT2D eigenvalue weighted by Crippen LogP contribution is 2.44. The Hall–Kier alpha value is -5.20. The number of fused-ring (bicyclic) bond motifs is 1. The van der Waals surface area contributed by atoms with Crippen molar-refractivity contribution in [2.24, 2.45) is 0 Å². The number of nitrogens with zero attached hydrogens (tertiary/aromatic N) is 3. The molecule has 1 heterocycles. The Morgan fingerprint density at radius 1 is 1.02 bits per heavy atom. The van der Waals surface area contributed by atoms with Gasteiger partial charge in [-0.1, -0.05) is 11.6 Å². The number of carbonyl (C=O) groups is 3. The second-order valence-corrected chi connectivity index (χ2v) is 12.0. The third-order valence-corrected chi connectivity index (χ3v) is 8.76. The zero-order valence-corrected chi connectivity index (χ0v) is 28.3. The zero-order chi connectivity index (χ0) is 36.5. The van der Waals surface area contributed by atoms with Crippen molar-refractivity contribution in [2.75, 3.05) is 31.0 Å². The summed E-state index contributed by atoms with van der Waals surface area (Å²) in [7, 11) is 2.87. The van der Waals surface area contributed by atoms with Gasteiger partial charge in [0.2, 0.25) is 0 Å². The van der Waals surface area contributed by atoms with E-state index in [2.05, 4.69) is 21.2 Å². The molecule has 0 fully saturated rings. The van der Waals surface area contributed by atoms with Gasteiger partial charge < -0.3 is 19.7 Å². The number of urea groups is 1. The number of rotatable bonds is 9. The third kappa shape index (κ3) is 7.22. The van der Waals surface area contributed by atoms with Gasteiger partial charge in [0.1, 0.15) is 29.7 Å². The molecule has 0 saturated carbocycles. The standard InChI is InChI=1S/C34H23BrClF5N4O5/c1-49-23-5-3-17(27(14-23)50-2)16-45-30-19(15-44(8-7-42)33(45)48)11-26(28(29(30)35)31(46)24-6-4-21(37)13-25(24)36)43-32(47)18-9-20(34(39,40)41)12-22(38)10-18/h3-6,9-14H,8,15-16H2,1-2H3,(H,43,47). The van der Waals surface area contributed by atoms with Gasteiger partial charge in [-0.2, -0.15) is 18.4 Å². The fourth-order valence-electron chi connectivity index (χ4n) is 5.36. The Bertz CT molecular complexity index is 2090. The molecule has 0 atom stereocenters. The SMILES string of the molecule is COc1ccc(CN2C(=O)N(CC#N)Cc3cc(NC(=O)c4cc(F)cc(C(F)(F)F)c4)c(C(=O)c4ccc(F)cc4Cl)c(Br)c32)c(OC)c1. The van der Waals surface area contributed by atoms with Gasteiger partial charge in [0.15, 0.2) is 5.78 Å². The summed E-state index contributed by atoms with van der Waals surface area (Å²) in [6.07, 6.45) is -4.97. The molecular weight excluding hydrogens is 755 g/mol. The van der Waals surface area contributed by atoms with Crippen molar-refractivity contribution in [3.8, 4) is 17.6 Å². The fourth-order valence-corrected chi connectivity index (χ4v) is 6.48.